The third-order valence-electron chi connectivity index (χ3n) is 1.14. The fourth-order valence-electron chi connectivity index (χ4n) is 0.654. The topological polar surface area (TPSA) is 30.0 Å². The number of pyridine rings is 1. The number of carbonyl (C=O) groups is 1. The number of carbonyl (C=O) groups excluding carboxylic acids is 1. The second-order valence-electron chi connectivity index (χ2n) is 1.89. The van der Waals surface area contributed by atoms with Crippen molar-refractivity contribution >= 4 is 38.7 Å². The highest BCUT2D eigenvalue weighted by atomic mass is 79.9. The molecule has 1 aromatic heterocycles. The van der Waals surface area contributed by atoms with Crippen LogP contribution in [0.15, 0.2) is 18.3 Å². The number of alkyl halides is 1. The third kappa shape index (κ3) is 2.64. The smallest absolute Gasteiger partial charge is 0.194 e. The minimum Gasteiger partial charge on any atom is -0.291 e. The fourth-order valence-corrected chi connectivity index (χ4v) is 0.920. The molecular formula is C7H6Br2FNO. The van der Waals surface area contributed by atoms with Gasteiger partial charge in [-0.25, -0.2) is 9.37 Å². The molecule has 0 bridgehead atoms. The molecule has 0 aliphatic heterocycles. The molecule has 1 aromatic rings. The summed E-state index contributed by atoms with van der Waals surface area (Å²) in [4.78, 5) is 14.5. The Morgan fingerprint density at radius 2 is 2.33 bits per heavy atom. The van der Waals surface area contributed by atoms with E-state index in [1.807, 2.05) is 0 Å². The highest BCUT2D eigenvalue weighted by Crippen LogP contribution is 2.04. The Balaban J connectivity index is 0.00000121. The van der Waals surface area contributed by atoms with Crippen molar-refractivity contribution in [2.75, 3.05) is 5.33 Å². The maximum absolute atomic E-state index is 12.7. The molecule has 0 N–H and O–H groups in total. The normalized spacial score (nSPS) is 8.83. The maximum atomic E-state index is 12.7. The summed E-state index contributed by atoms with van der Waals surface area (Å²) in [6, 6.07) is 2.66. The van der Waals surface area contributed by atoms with E-state index >= 15 is 0 Å². The molecule has 1 heterocycles. The molecule has 0 amide bonds. The third-order valence-corrected chi connectivity index (χ3v) is 1.65. The molecule has 5 heteroatoms. The van der Waals surface area contributed by atoms with Crippen LogP contribution in [-0.4, -0.2) is 16.1 Å². The van der Waals surface area contributed by atoms with Gasteiger partial charge >= 0.3 is 0 Å². The second kappa shape index (κ2) is 5.37. The van der Waals surface area contributed by atoms with Gasteiger partial charge in [0.25, 0.3) is 0 Å². The summed E-state index contributed by atoms with van der Waals surface area (Å²) >= 11 is 2.93. The van der Waals surface area contributed by atoms with Gasteiger partial charge in [0.05, 0.1) is 5.33 Å². The van der Waals surface area contributed by atoms with Crippen LogP contribution in [0.25, 0.3) is 0 Å². The largest absolute Gasteiger partial charge is 0.291 e. The Morgan fingerprint density at radius 3 is 2.83 bits per heavy atom. The average Bonchev–Trinajstić information content (AvgIpc) is 2.04. The highest BCUT2D eigenvalue weighted by Gasteiger charge is 2.09. The van der Waals surface area contributed by atoms with E-state index in [0.717, 1.165) is 0 Å². The van der Waals surface area contributed by atoms with Crippen molar-refractivity contribution in [3.63, 3.8) is 0 Å². The van der Waals surface area contributed by atoms with Gasteiger partial charge < -0.3 is 0 Å². The molecule has 0 saturated carbocycles. The number of halogens is 3. The number of rotatable bonds is 2. The van der Waals surface area contributed by atoms with Gasteiger partial charge in [0.1, 0.15) is 5.69 Å². The fraction of sp³-hybridized carbons (Fsp3) is 0.143. The van der Waals surface area contributed by atoms with Crippen LogP contribution in [0.1, 0.15) is 10.5 Å². The van der Waals surface area contributed by atoms with Crippen molar-refractivity contribution in [1.29, 1.82) is 0 Å². The molecule has 12 heavy (non-hydrogen) atoms. The van der Waals surface area contributed by atoms with Crippen molar-refractivity contribution in [2.24, 2.45) is 0 Å². The monoisotopic (exact) mass is 297 g/mol. The van der Waals surface area contributed by atoms with Crippen molar-refractivity contribution < 1.29 is 9.18 Å². The number of hydrogen-bond acceptors (Lipinski definition) is 2. The maximum Gasteiger partial charge on any atom is 0.194 e. The first-order valence-electron chi connectivity index (χ1n) is 2.95. The van der Waals surface area contributed by atoms with Gasteiger partial charge in [-0.1, -0.05) is 15.9 Å². The first-order valence-corrected chi connectivity index (χ1v) is 4.07. The Labute approximate surface area is 88.1 Å². The molecule has 0 saturated heterocycles. The summed E-state index contributed by atoms with van der Waals surface area (Å²) in [6.45, 7) is 0. The van der Waals surface area contributed by atoms with Crippen molar-refractivity contribution in [2.45, 2.75) is 0 Å². The predicted molar refractivity (Wildman–Crippen MR) is 52.6 cm³/mol. The molecule has 0 aliphatic rings. The Bertz CT molecular complexity index is 280. The first-order chi connectivity index (χ1) is 5.25. The van der Waals surface area contributed by atoms with Gasteiger partial charge in [0, 0.05) is 6.20 Å². The minimum absolute atomic E-state index is 0. The lowest BCUT2D eigenvalue weighted by molar-refractivity contribution is 0.101. The quantitative estimate of drug-likeness (QED) is 0.620. The van der Waals surface area contributed by atoms with E-state index in [2.05, 4.69) is 20.9 Å². The van der Waals surface area contributed by atoms with Crippen LogP contribution < -0.4 is 0 Å². The Hall–Kier alpha value is -0.290. The van der Waals surface area contributed by atoms with Crippen LogP contribution in [0.2, 0.25) is 0 Å². The Morgan fingerprint density at radius 1 is 1.67 bits per heavy atom. The molecule has 0 aliphatic carbocycles. The summed E-state index contributed by atoms with van der Waals surface area (Å²) in [6.07, 6.45) is 1.39. The lowest BCUT2D eigenvalue weighted by Crippen LogP contribution is -2.05. The summed E-state index contributed by atoms with van der Waals surface area (Å²) in [5.41, 5.74) is -0.107. The van der Waals surface area contributed by atoms with Crippen molar-refractivity contribution in [1.82, 2.24) is 4.98 Å². The molecule has 0 unspecified atom stereocenters. The van der Waals surface area contributed by atoms with Gasteiger partial charge in [0.2, 0.25) is 0 Å². The van der Waals surface area contributed by atoms with Crippen LogP contribution >= 0.6 is 32.9 Å². The van der Waals surface area contributed by atoms with Crippen LogP contribution in [0.5, 0.6) is 0 Å². The molecule has 1 rings (SSSR count). The lowest BCUT2D eigenvalue weighted by Gasteiger charge is -1.95. The second-order valence-corrected chi connectivity index (χ2v) is 2.45. The number of ketones is 1. The number of aromatic nitrogens is 1. The molecule has 2 nitrogen and oxygen atoms in total. The summed E-state index contributed by atoms with van der Waals surface area (Å²) in [5.74, 6) is -0.917. The van der Waals surface area contributed by atoms with Crippen LogP contribution in [0.4, 0.5) is 4.39 Å². The van der Waals surface area contributed by atoms with Gasteiger partial charge in [-0.2, -0.15) is 0 Å². The Kier molecular flexibility index (Phi) is 5.24. The minimum atomic E-state index is -0.572. The zero-order valence-electron chi connectivity index (χ0n) is 5.96. The number of Topliss-reactive ketones (excluding diaryl/α,β-unsaturated/α-hetero) is 1. The summed E-state index contributed by atoms with van der Waals surface area (Å²) in [5, 5.41) is 0.0981. The zero-order valence-corrected chi connectivity index (χ0v) is 9.26. The van der Waals surface area contributed by atoms with E-state index in [1.165, 1.54) is 18.3 Å². The standard InChI is InChI=1S/C7H5BrFNO.BrH/c8-4-6(11)7-5(9)2-1-3-10-7;/h1-3H,4H2;1H. The zero-order chi connectivity index (χ0) is 8.27. The number of nitrogens with zero attached hydrogens (tertiary/aromatic N) is 1. The predicted octanol–water partition coefficient (Wildman–Crippen LogP) is 2.38. The number of hydrogen-bond donors (Lipinski definition) is 0. The van der Waals surface area contributed by atoms with E-state index in [-0.39, 0.29) is 33.8 Å². The highest BCUT2D eigenvalue weighted by molar-refractivity contribution is 9.09. The van der Waals surface area contributed by atoms with E-state index < -0.39 is 5.82 Å². The summed E-state index contributed by atoms with van der Waals surface area (Å²) in [7, 11) is 0. The van der Waals surface area contributed by atoms with Crippen molar-refractivity contribution in [3.8, 4) is 0 Å². The molecule has 0 fully saturated rings. The summed E-state index contributed by atoms with van der Waals surface area (Å²) < 4.78 is 12.7. The molecule has 66 valence electrons. The van der Waals surface area contributed by atoms with Crippen LogP contribution in [0.3, 0.4) is 0 Å². The molecule has 0 aromatic carbocycles. The van der Waals surface area contributed by atoms with E-state index in [0.29, 0.717) is 0 Å². The molecule has 0 spiro atoms. The van der Waals surface area contributed by atoms with Gasteiger partial charge in [0.15, 0.2) is 11.6 Å². The lowest BCUT2D eigenvalue weighted by atomic mass is 10.3. The van der Waals surface area contributed by atoms with Crippen molar-refractivity contribution in [3.05, 3.63) is 29.8 Å². The SMILES string of the molecule is Br.O=C(CBr)c1ncccc1F. The van der Waals surface area contributed by atoms with Gasteiger partial charge in [-0.15, -0.1) is 17.0 Å². The van der Waals surface area contributed by atoms with Crippen LogP contribution in [0, 0.1) is 5.82 Å². The average molecular weight is 299 g/mol. The molecule has 0 atom stereocenters. The van der Waals surface area contributed by atoms with Crippen LogP contribution in [-0.2, 0) is 0 Å². The molecular weight excluding hydrogens is 293 g/mol. The van der Waals surface area contributed by atoms with Gasteiger partial charge in [-0.05, 0) is 12.1 Å². The van der Waals surface area contributed by atoms with E-state index in [4.69, 9.17) is 0 Å². The molecule has 0 radical (unpaired) electrons. The van der Waals surface area contributed by atoms with E-state index in [9.17, 15) is 9.18 Å². The first kappa shape index (κ1) is 11.7. The van der Waals surface area contributed by atoms with Gasteiger partial charge in [-0.3, -0.25) is 4.79 Å². The van der Waals surface area contributed by atoms with E-state index in [1.54, 1.807) is 0 Å².